The van der Waals surface area contributed by atoms with E-state index in [9.17, 15) is 14.4 Å². The predicted molar refractivity (Wildman–Crippen MR) is 107 cm³/mol. The number of thiophene rings is 1. The summed E-state index contributed by atoms with van der Waals surface area (Å²) >= 11 is 4.20. The molecule has 0 saturated carbocycles. The van der Waals surface area contributed by atoms with Gasteiger partial charge in [0, 0.05) is 13.1 Å². The van der Waals surface area contributed by atoms with E-state index in [0.717, 1.165) is 11.3 Å². The Morgan fingerprint density at radius 2 is 1.89 bits per heavy atom. The van der Waals surface area contributed by atoms with E-state index in [1.807, 2.05) is 13.8 Å². The van der Waals surface area contributed by atoms with Gasteiger partial charge in [-0.15, -0.1) is 11.3 Å². The SMILES string of the molecule is CCOC(=O)c1c(NC(=O)c2ccc(Br)o2)sc(C(=O)N(CC)CC)c1C. The van der Waals surface area contributed by atoms with Crippen molar-refractivity contribution in [1.82, 2.24) is 4.90 Å². The fourth-order valence-electron chi connectivity index (χ4n) is 2.51. The summed E-state index contributed by atoms with van der Waals surface area (Å²) in [5.74, 6) is -1.20. The number of amides is 2. The molecule has 2 heterocycles. The highest BCUT2D eigenvalue weighted by atomic mass is 79.9. The molecule has 0 saturated heterocycles. The molecule has 27 heavy (non-hydrogen) atoms. The molecule has 0 atom stereocenters. The zero-order valence-corrected chi connectivity index (χ0v) is 18.0. The van der Waals surface area contributed by atoms with Crippen molar-refractivity contribution >= 4 is 50.1 Å². The van der Waals surface area contributed by atoms with Gasteiger partial charge in [0.25, 0.3) is 11.8 Å². The topological polar surface area (TPSA) is 88.8 Å². The molecule has 2 aromatic rings. The quantitative estimate of drug-likeness (QED) is 0.626. The lowest BCUT2D eigenvalue weighted by atomic mass is 10.1. The minimum atomic E-state index is -0.583. The van der Waals surface area contributed by atoms with Crippen LogP contribution in [0.5, 0.6) is 0 Å². The van der Waals surface area contributed by atoms with Gasteiger partial charge in [-0.25, -0.2) is 4.79 Å². The molecule has 146 valence electrons. The molecule has 9 heteroatoms. The Labute approximate surface area is 169 Å². The van der Waals surface area contributed by atoms with Crippen LogP contribution in [0, 0.1) is 6.92 Å². The number of hydrogen-bond acceptors (Lipinski definition) is 6. The number of furan rings is 1. The lowest BCUT2D eigenvalue weighted by molar-refractivity contribution is 0.0527. The summed E-state index contributed by atoms with van der Waals surface area (Å²) < 4.78 is 10.8. The van der Waals surface area contributed by atoms with Crippen LogP contribution in [0.4, 0.5) is 5.00 Å². The van der Waals surface area contributed by atoms with Crippen molar-refractivity contribution in [2.45, 2.75) is 27.7 Å². The van der Waals surface area contributed by atoms with Gasteiger partial charge in [0.2, 0.25) is 0 Å². The number of anilines is 1. The van der Waals surface area contributed by atoms with Gasteiger partial charge in [0.05, 0.1) is 17.0 Å². The molecular weight excluding hydrogens is 436 g/mol. The first-order valence-corrected chi connectivity index (χ1v) is 10.1. The second kappa shape index (κ2) is 9.18. The summed E-state index contributed by atoms with van der Waals surface area (Å²) in [5.41, 5.74) is 0.683. The smallest absolute Gasteiger partial charge is 0.341 e. The van der Waals surface area contributed by atoms with E-state index in [2.05, 4.69) is 21.2 Å². The molecule has 0 fully saturated rings. The van der Waals surface area contributed by atoms with Crippen molar-refractivity contribution in [3.63, 3.8) is 0 Å². The zero-order chi connectivity index (χ0) is 20.1. The highest BCUT2D eigenvalue weighted by molar-refractivity contribution is 9.10. The molecule has 0 unspecified atom stereocenters. The summed E-state index contributed by atoms with van der Waals surface area (Å²) in [6.07, 6.45) is 0. The molecule has 0 radical (unpaired) electrons. The summed E-state index contributed by atoms with van der Waals surface area (Å²) in [4.78, 5) is 39.7. The molecule has 7 nitrogen and oxygen atoms in total. The van der Waals surface area contributed by atoms with Gasteiger partial charge in [-0.2, -0.15) is 0 Å². The number of nitrogens with one attached hydrogen (secondary N) is 1. The Morgan fingerprint density at radius 3 is 2.41 bits per heavy atom. The van der Waals surface area contributed by atoms with Crippen LogP contribution in [-0.4, -0.2) is 42.4 Å². The molecular formula is C18H21BrN2O5S. The Hall–Kier alpha value is -2.13. The molecule has 0 aromatic carbocycles. The fraction of sp³-hybridized carbons (Fsp3) is 0.389. The standard InChI is InChI=1S/C18H21BrN2O5S/c1-5-21(6-2)17(23)14-10(4)13(18(24)25-7-3)16(27-14)20-15(22)11-8-9-12(19)26-11/h8-9H,5-7H2,1-4H3,(H,20,22). The normalized spacial score (nSPS) is 10.6. The van der Waals surface area contributed by atoms with E-state index in [4.69, 9.17) is 9.15 Å². The van der Waals surface area contributed by atoms with Gasteiger partial charge >= 0.3 is 5.97 Å². The average molecular weight is 457 g/mol. The number of carbonyl (C=O) groups excluding carboxylic acids is 3. The van der Waals surface area contributed by atoms with Crippen molar-refractivity contribution in [3.8, 4) is 0 Å². The molecule has 1 N–H and O–H groups in total. The maximum absolute atomic E-state index is 12.8. The van der Waals surface area contributed by atoms with Gasteiger partial charge in [-0.1, -0.05) is 0 Å². The number of nitrogens with zero attached hydrogens (tertiary/aromatic N) is 1. The van der Waals surface area contributed by atoms with Gasteiger partial charge in [-0.3, -0.25) is 9.59 Å². The first-order valence-electron chi connectivity index (χ1n) is 8.50. The van der Waals surface area contributed by atoms with Gasteiger partial charge in [0.1, 0.15) is 5.00 Å². The van der Waals surface area contributed by atoms with Gasteiger partial charge in [0.15, 0.2) is 10.4 Å². The number of hydrogen-bond donors (Lipinski definition) is 1. The van der Waals surface area contributed by atoms with Gasteiger partial charge in [-0.05, 0) is 61.3 Å². The first kappa shape index (κ1) is 21.2. The molecule has 0 bridgehead atoms. The van der Waals surface area contributed by atoms with Crippen LogP contribution in [0.1, 0.15) is 56.9 Å². The number of halogens is 1. The van der Waals surface area contributed by atoms with Crippen LogP contribution in [0.15, 0.2) is 21.2 Å². The van der Waals surface area contributed by atoms with Crippen LogP contribution < -0.4 is 5.32 Å². The predicted octanol–water partition coefficient (Wildman–Crippen LogP) is 4.32. The second-order valence-electron chi connectivity index (χ2n) is 5.52. The molecule has 0 aliphatic heterocycles. The molecule has 2 aromatic heterocycles. The average Bonchev–Trinajstić information content (AvgIpc) is 3.19. The third-order valence-corrected chi connectivity index (χ3v) is 5.52. The molecule has 2 rings (SSSR count). The number of ether oxygens (including phenoxy) is 1. The number of carbonyl (C=O) groups is 3. The largest absolute Gasteiger partial charge is 0.462 e. The number of esters is 1. The Bertz CT molecular complexity index is 854. The van der Waals surface area contributed by atoms with Crippen molar-refractivity contribution < 1.29 is 23.5 Å². The maximum atomic E-state index is 12.8. The van der Waals surface area contributed by atoms with Crippen molar-refractivity contribution in [1.29, 1.82) is 0 Å². The van der Waals surface area contributed by atoms with E-state index < -0.39 is 11.9 Å². The monoisotopic (exact) mass is 456 g/mol. The highest BCUT2D eigenvalue weighted by Gasteiger charge is 2.28. The van der Waals surface area contributed by atoms with Crippen LogP contribution in [0.25, 0.3) is 0 Å². The summed E-state index contributed by atoms with van der Waals surface area (Å²) in [5, 5.41) is 2.93. The minimum absolute atomic E-state index is 0.0827. The van der Waals surface area contributed by atoms with Crippen LogP contribution in [0.2, 0.25) is 0 Å². The lowest BCUT2D eigenvalue weighted by Crippen LogP contribution is -2.30. The van der Waals surface area contributed by atoms with E-state index >= 15 is 0 Å². The first-order chi connectivity index (χ1) is 12.8. The summed E-state index contributed by atoms with van der Waals surface area (Å²) in [6.45, 7) is 8.42. The lowest BCUT2D eigenvalue weighted by Gasteiger charge is -2.18. The fourth-order valence-corrected chi connectivity index (χ4v) is 3.97. The van der Waals surface area contributed by atoms with Crippen molar-refractivity contribution in [3.05, 3.63) is 38.6 Å². The Morgan fingerprint density at radius 1 is 1.22 bits per heavy atom. The third kappa shape index (κ3) is 4.59. The molecule has 0 aliphatic carbocycles. The summed E-state index contributed by atoms with van der Waals surface area (Å²) in [7, 11) is 0. The van der Waals surface area contributed by atoms with E-state index in [1.54, 1.807) is 24.8 Å². The van der Waals surface area contributed by atoms with E-state index in [0.29, 0.717) is 28.2 Å². The van der Waals surface area contributed by atoms with Crippen molar-refractivity contribution in [2.24, 2.45) is 0 Å². The van der Waals surface area contributed by atoms with Crippen LogP contribution in [0.3, 0.4) is 0 Å². The third-order valence-electron chi connectivity index (χ3n) is 3.90. The minimum Gasteiger partial charge on any atom is -0.462 e. The van der Waals surface area contributed by atoms with Gasteiger partial charge < -0.3 is 19.4 Å². The second-order valence-corrected chi connectivity index (χ2v) is 7.32. The maximum Gasteiger partial charge on any atom is 0.341 e. The number of rotatable bonds is 7. The Balaban J connectivity index is 2.44. The summed E-state index contributed by atoms with van der Waals surface area (Å²) in [6, 6.07) is 3.10. The van der Waals surface area contributed by atoms with E-state index in [-0.39, 0.29) is 28.8 Å². The van der Waals surface area contributed by atoms with E-state index in [1.165, 1.54) is 6.07 Å². The Kier molecular flexibility index (Phi) is 7.20. The molecule has 2 amide bonds. The zero-order valence-electron chi connectivity index (χ0n) is 15.6. The van der Waals surface area contributed by atoms with Crippen LogP contribution >= 0.6 is 27.3 Å². The van der Waals surface area contributed by atoms with Crippen molar-refractivity contribution in [2.75, 3.05) is 25.0 Å². The molecule has 0 spiro atoms. The highest BCUT2D eigenvalue weighted by Crippen LogP contribution is 2.35. The molecule has 0 aliphatic rings. The van der Waals surface area contributed by atoms with Crippen LogP contribution in [-0.2, 0) is 4.74 Å².